The molecule has 3 aromatic rings. The van der Waals surface area contributed by atoms with Crippen molar-refractivity contribution in [2.45, 2.75) is 52.6 Å². The number of aryl methyl sites for hydroxylation is 1. The van der Waals surface area contributed by atoms with Crippen molar-refractivity contribution >= 4 is 27.5 Å². The maximum Gasteiger partial charge on any atom is 0.264 e. The number of ether oxygens (including phenoxy) is 2. The number of carbonyl (C=O) groups is 1. The molecule has 7 heteroatoms. The maximum atomic E-state index is 13.5. The first-order valence-corrected chi connectivity index (χ1v) is 12.0. The summed E-state index contributed by atoms with van der Waals surface area (Å²) in [6.07, 6.45) is 2.87. The Morgan fingerprint density at radius 2 is 2.00 bits per heavy atom. The van der Waals surface area contributed by atoms with Crippen LogP contribution in [0.5, 0.6) is 11.5 Å². The van der Waals surface area contributed by atoms with Crippen molar-refractivity contribution in [3.8, 4) is 11.5 Å². The fourth-order valence-electron chi connectivity index (χ4n) is 4.57. The molecule has 1 aromatic carbocycles. The quantitative estimate of drug-likeness (QED) is 0.561. The molecular formula is C24H29N3O3S. The Morgan fingerprint density at radius 1 is 1.19 bits per heavy atom. The summed E-state index contributed by atoms with van der Waals surface area (Å²) >= 11 is 1.57. The van der Waals surface area contributed by atoms with Gasteiger partial charge in [0.1, 0.15) is 4.83 Å². The predicted octanol–water partition coefficient (Wildman–Crippen LogP) is 5.20. The maximum absolute atomic E-state index is 13.5. The molecule has 1 amide bonds. The van der Waals surface area contributed by atoms with E-state index in [2.05, 4.69) is 35.8 Å². The van der Waals surface area contributed by atoms with Gasteiger partial charge < -0.3 is 14.4 Å². The highest BCUT2D eigenvalue weighted by molar-refractivity contribution is 7.20. The van der Waals surface area contributed by atoms with Gasteiger partial charge in [0.25, 0.3) is 5.91 Å². The summed E-state index contributed by atoms with van der Waals surface area (Å²) in [6, 6.07) is 8.24. The Balaban J connectivity index is 1.43. The number of fused-ring (bicyclic) bond motifs is 2. The number of hydrogen-bond acceptors (Lipinski definition) is 5. The van der Waals surface area contributed by atoms with E-state index in [-0.39, 0.29) is 11.9 Å². The molecule has 1 atom stereocenters. The van der Waals surface area contributed by atoms with Gasteiger partial charge in [-0.2, -0.15) is 5.10 Å². The van der Waals surface area contributed by atoms with Crippen molar-refractivity contribution in [2.24, 2.45) is 5.92 Å². The molecule has 0 radical (unpaired) electrons. The van der Waals surface area contributed by atoms with Crippen LogP contribution in [-0.2, 0) is 6.54 Å². The van der Waals surface area contributed by atoms with Crippen LogP contribution in [0.3, 0.4) is 0 Å². The lowest BCUT2D eigenvalue weighted by molar-refractivity contribution is 0.0740. The molecule has 0 saturated carbocycles. The highest BCUT2D eigenvalue weighted by atomic mass is 32.1. The van der Waals surface area contributed by atoms with E-state index in [1.165, 1.54) is 0 Å². The van der Waals surface area contributed by atoms with Gasteiger partial charge in [0.15, 0.2) is 11.5 Å². The summed E-state index contributed by atoms with van der Waals surface area (Å²) in [4.78, 5) is 17.5. The molecule has 2 aliphatic rings. The van der Waals surface area contributed by atoms with Crippen LogP contribution < -0.4 is 9.47 Å². The molecule has 2 aliphatic heterocycles. The first-order chi connectivity index (χ1) is 15.0. The Morgan fingerprint density at radius 3 is 2.81 bits per heavy atom. The van der Waals surface area contributed by atoms with Crippen LogP contribution in [0.2, 0.25) is 0 Å². The van der Waals surface area contributed by atoms with Gasteiger partial charge in [-0.05, 0) is 49.4 Å². The lowest BCUT2D eigenvalue weighted by Gasteiger charge is -2.25. The van der Waals surface area contributed by atoms with Gasteiger partial charge in [-0.3, -0.25) is 9.48 Å². The third-order valence-electron chi connectivity index (χ3n) is 6.03. The number of nitrogens with zero attached hydrogens (tertiary/aromatic N) is 3. The normalized spacial score (nSPS) is 18.7. The third kappa shape index (κ3) is 3.80. The largest absolute Gasteiger partial charge is 0.490 e. The van der Waals surface area contributed by atoms with Gasteiger partial charge in [-0.25, -0.2) is 0 Å². The third-order valence-corrected chi connectivity index (χ3v) is 7.16. The Hall–Kier alpha value is -2.54. The van der Waals surface area contributed by atoms with Crippen LogP contribution in [-0.4, -0.2) is 40.3 Å². The number of aromatic nitrogens is 2. The molecule has 0 N–H and O–H groups in total. The molecule has 31 heavy (non-hydrogen) atoms. The van der Waals surface area contributed by atoms with Crippen molar-refractivity contribution in [1.29, 1.82) is 0 Å². The van der Waals surface area contributed by atoms with Crippen LogP contribution in [0.25, 0.3) is 10.2 Å². The lowest BCUT2D eigenvalue weighted by Crippen LogP contribution is -2.30. The SMILES string of the molecule is Cc1nn(CC(C)C)c2sc(C(=O)N3CCC[C@@H]3c3ccc4c(c3)OCCCO4)cc12. The molecule has 0 unspecified atom stereocenters. The smallest absolute Gasteiger partial charge is 0.264 e. The molecule has 164 valence electrons. The first kappa shape index (κ1) is 20.4. The highest BCUT2D eigenvalue weighted by Crippen LogP contribution is 2.39. The molecule has 6 nitrogen and oxygen atoms in total. The minimum absolute atomic E-state index is 0.0723. The summed E-state index contributed by atoms with van der Waals surface area (Å²) in [5.41, 5.74) is 2.12. The van der Waals surface area contributed by atoms with E-state index in [0.29, 0.717) is 19.1 Å². The van der Waals surface area contributed by atoms with E-state index in [9.17, 15) is 4.79 Å². The first-order valence-electron chi connectivity index (χ1n) is 11.2. The lowest BCUT2D eigenvalue weighted by atomic mass is 10.0. The van der Waals surface area contributed by atoms with E-state index in [4.69, 9.17) is 9.47 Å². The fraction of sp³-hybridized carbons (Fsp3) is 0.500. The van der Waals surface area contributed by atoms with E-state index >= 15 is 0 Å². The number of rotatable bonds is 4. The number of likely N-dealkylation sites (tertiary alicyclic amines) is 1. The van der Waals surface area contributed by atoms with E-state index in [1.807, 2.05) is 24.0 Å². The number of benzene rings is 1. The zero-order chi connectivity index (χ0) is 21.5. The molecule has 0 spiro atoms. The zero-order valence-electron chi connectivity index (χ0n) is 18.4. The van der Waals surface area contributed by atoms with Gasteiger partial charge in [0.2, 0.25) is 0 Å². The van der Waals surface area contributed by atoms with Gasteiger partial charge in [0.05, 0.1) is 29.8 Å². The van der Waals surface area contributed by atoms with E-state index < -0.39 is 0 Å². The van der Waals surface area contributed by atoms with Gasteiger partial charge in [-0.1, -0.05) is 19.9 Å². The molecule has 0 bridgehead atoms. The van der Waals surface area contributed by atoms with Crippen LogP contribution in [0, 0.1) is 12.8 Å². The van der Waals surface area contributed by atoms with Crippen LogP contribution in [0.1, 0.15) is 60.1 Å². The topological polar surface area (TPSA) is 56.6 Å². The average Bonchev–Trinajstić information content (AvgIpc) is 3.41. The number of thiophene rings is 1. The van der Waals surface area contributed by atoms with Crippen molar-refractivity contribution in [3.63, 3.8) is 0 Å². The minimum Gasteiger partial charge on any atom is -0.490 e. The molecule has 2 aromatic heterocycles. The van der Waals surface area contributed by atoms with Gasteiger partial charge in [0, 0.05) is 24.9 Å². The summed E-state index contributed by atoms with van der Waals surface area (Å²) in [5, 5.41) is 5.77. The van der Waals surface area contributed by atoms with Crippen LogP contribution >= 0.6 is 11.3 Å². The number of carbonyl (C=O) groups excluding carboxylic acids is 1. The molecule has 1 saturated heterocycles. The Labute approximate surface area is 186 Å². The van der Waals surface area contributed by atoms with Crippen molar-refractivity contribution in [2.75, 3.05) is 19.8 Å². The van der Waals surface area contributed by atoms with Crippen molar-refractivity contribution < 1.29 is 14.3 Å². The van der Waals surface area contributed by atoms with E-state index in [1.54, 1.807) is 11.3 Å². The van der Waals surface area contributed by atoms with Crippen molar-refractivity contribution in [3.05, 3.63) is 40.4 Å². The van der Waals surface area contributed by atoms with E-state index in [0.717, 1.165) is 70.2 Å². The fourth-order valence-corrected chi connectivity index (χ4v) is 5.70. The molecule has 1 fully saturated rings. The standard InChI is InChI=1S/C24H29N3O3S/c1-15(2)14-27-24-18(16(3)25-27)13-22(31-24)23(28)26-9-4-6-19(26)17-7-8-20-21(12-17)30-11-5-10-29-20/h7-8,12-13,15,19H,4-6,9-11,14H2,1-3H3/t19-/m1/s1. The second kappa shape index (κ2) is 8.19. The molecular weight excluding hydrogens is 410 g/mol. The molecule has 5 rings (SSSR count). The number of hydrogen-bond donors (Lipinski definition) is 0. The van der Waals surface area contributed by atoms with Crippen LogP contribution in [0.4, 0.5) is 0 Å². The summed E-state index contributed by atoms with van der Waals surface area (Å²) in [5.74, 6) is 2.21. The average molecular weight is 440 g/mol. The second-order valence-electron chi connectivity index (χ2n) is 8.90. The van der Waals surface area contributed by atoms with Gasteiger partial charge >= 0.3 is 0 Å². The predicted molar refractivity (Wildman–Crippen MR) is 122 cm³/mol. The Kier molecular flexibility index (Phi) is 5.38. The number of amides is 1. The monoisotopic (exact) mass is 439 g/mol. The van der Waals surface area contributed by atoms with Crippen molar-refractivity contribution in [1.82, 2.24) is 14.7 Å². The second-order valence-corrected chi connectivity index (χ2v) is 9.93. The highest BCUT2D eigenvalue weighted by Gasteiger charge is 2.32. The molecule has 4 heterocycles. The van der Waals surface area contributed by atoms with Crippen LogP contribution in [0.15, 0.2) is 24.3 Å². The minimum atomic E-state index is 0.0723. The van der Waals surface area contributed by atoms with Gasteiger partial charge in [-0.15, -0.1) is 11.3 Å². The Bertz CT molecular complexity index is 1120. The summed E-state index contributed by atoms with van der Waals surface area (Å²) in [6.45, 7) is 9.39. The summed E-state index contributed by atoms with van der Waals surface area (Å²) < 4.78 is 13.7. The molecule has 0 aliphatic carbocycles. The zero-order valence-corrected chi connectivity index (χ0v) is 19.2. The summed E-state index contributed by atoms with van der Waals surface area (Å²) in [7, 11) is 0.